The number of aromatic nitrogens is 1. The largest absolute Gasteiger partial charge is 0.467 e. The van der Waals surface area contributed by atoms with Crippen molar-refractivity contribution in [1.29, 1.82) is 5.26 Å². The molecule has 0 aromatic carbocycles. The number of nitriles is 1. The minimum absolute atomic E-state index is 0.228. The molecule has 0 N–H and O–H groups in total. The van der Waals surface area contributed by atoms with E-state index in [0.717, 1.165) is 25.2 Å². The molecule has 1 atom stereocenters. The average Bonchev–Trinajstić information content (AvgIpc) is 2.87. The molecule has 0 radical (unpaired) electrons. The van der Waals surface area contributed by atoms with Crippen LogP contribution >= 0.6 is 0 Å². The third-order valence-electron chi connectivity index (χ3n) is 2.90. The van der Waals surface area contributed by atoms with Gasteiger partial charge in [-0.2, -0.15) is 5.26 Å². The highest BCUT2D eigenvalue weighted by molar-refractivity contribution is 5.80. The molecule has 0 amide bonds. The fraction of sp³-hybridized carbons (Fsp3) is 0.417. The normalized spacial score (nSPS) is 18.8. The summed E-state index contributed by atoms with van der Waals surface area (Å²) < 4.78 is 4.77. The molecule has 0 saturated carbocycles. The first-order valence-corrected chi connectivity index (χ1v) is 5.47. The van der Waals surface area contributed by atoms with Crippen LogP contribution in [0, 0.1) is 11.3 Å². The highest BCUT2D eigenvalue weighted by atomic mass is 16.5. The molecule has 1 fully saturated rings. The highest BCUT2D eigenvalue weighted by Gasteiger charge is 2.32. The Balaban J connectivity index is 2.20. The number of rotatable bonds is 2. The third-order valence-corrected chi connectivity index (χ3v) is 2.90. The predicted octanol–water partition coefficient (Wildman–Crippen LogP) is 1.10. The summed E-state index contributed by atoms with van der Waals surface area (Å²) in [4.78, 5) is 17.7. The van der Waals surface area contributed by atoms with E-state index >= 15 is 0 Å². The first kappa shape index (κ1) is 11.4. The maximum atomic E-state index is 11.6. The van der Waals surface area contributed by atoms with Gasteiger partial charge in [-0.3, -0.25) is 0 Å². The number of hydrogen-bond donors (Lipinski definition) is 0. The molecule has 2 rings (SSSR count). The van der Waals surface area contributed by atoms with Gasteiger partial charge in [0.15, 0.2) is 0 Å². The van der Waals surface area contributed by atoms with Crippen LogP contribution in [0.5, 0.6) is 0 Å². The van der Waals surface area contributed by atoms with E-state index in [9.17, 15) is 4.79 Å². The number of hydrogen-bond acceptors (Lipinski definition) is 5. The van der Waals surface area contributed by atoms with E-state index in [-0.39, 0.29) is 12.0 Å². The van der Waals surface area contributed by atoms with Crippen LogP contribution in [0.1, 0.15) is 18.4 Å². The van der Waals surface area contributed by atoms with Crippen LogP contribution in [-0.4, -0.2) is 30.6 Å². The number of nitrogens with zero attached hydrogens (tertiary/aromatic N) is 3. The Bertz CT molecular complexity index is 450. The van der Waals surface area contributed by atoms with E-state index in [1.807, 2.05) is 11.0 Å². The maximum Gasteiger partial charge on any atom is 0.328 e. The van der Waals surface area contributed by atoms with Crippen molar-refractivity contribution in [2.24, 2.45) is 0 Å². The third kappa shape index (κ3) is 2.21. The van der Waals surface area contributed by atoms with Crippen LogP contribution in [0.15, 0.2) is 18.3 Å². The molecule has 1 aromatic rings. The summed E-state index contributed by atoms with van der Waals surface area (Å²) in [6.07, 6.45) is 3.25. The molecule has 1 aliphatic rings. The minimum atomic E-state index is -0.250. The zero-order chi connectivity index (χ0) is 12.3. The van der Waals surface area contributed by atoms with E-state index in [1.54, 1.807) is 12.1 Å². The molecule has 17 heavy (non-hydrogen) atoms. The van der Waals surface area contributed by atoms with Gasteiger partial charge in [0.2, 0.25) is 0 Å². The molecule has 1 aromatic heterocycles. The van der Waals surface area contributed by atoms with Crippen molar-refractivity contribution in [2.45, 2.75) is 18.9 Å². The summed E-state index contributed by atoms with van der Waals surface area (Å²) >= 11 is 0. The summed E-state index contributed by atoms with van der Waals surface area (Å²) in [5, 5.41) is 8.69. The van der Waals surface area contributed by atoms with Gasteiger partial charge in [0.05, 0.1) is 12.7 Å². The van der Waals surface area contributed by atoms with E-state index in [1.165, 1.54) is 13.3 Å². The molecular formula is C12H13N3O2. The van der Waals surface area contributed by atoms with E-state index < -0.39 is 0 Å². The zero-order valence-electron chi connectivity index (χ0n) is 9.59. The lowest BCUT2D eigenvalue weighted by Crippen LogP contribution is -2.37. The number of pyridine rings is 1. The van der Waals surface area contributed by atoms with E-state index in [2.05, 4.69) is 4.98 Å². The van der Waals surface area contributed by atoms with Gasteiger partial charge in [0.25, 0.3) is 0 Å². The molecule has 0 bridgehead atoms. The summed E-state index contributed by atoms with van der Waals surface area (Å²) in [5.74, 6) is 0.491. The van der Waals surface area contributed by atoms with Crippen molar-refractivity contribution in [3.05, 3.63) is 23.9 Å². The molecule has 2 heterocycles. The Morgan fingerprint density at radius 2 is 2.47 bits per heavy atom. The molecule has 1 aliphatic heterocycles. The van der Waals surface area contributed by atoms with Gasteiger partial charge < -0.3 is 9.64 Å². The van der Waals surface area contributed by atoms with Crippen molar-refractivity contribution >= 4 is 11.8 Å². The fourth-order valence-corrected chi connectivity index (χ4v) is 2.04. The minimum Gasteiger partial charge on any atom is -0.467 e. The first-order chi connectivity index (χ1) is 8.26. The van der Waals surface area contributed by atoms with Crippen molar-refractivity contribution in [3.8, 4) is 6.07 Å². The summed E-state index contributed by atoms with van der Waals surface area (Å²) in [6, 6.07) is 5.23. The van der Waals surface area contributed by atoms with Gasteiger partial charge in [0.1, 0.15) is 17.9 Å². The van der Waals surface area contributed by atoms with E-state index in [4.69, 9.17) is 10.00 Å². The standard InChI is InChI=1S/C12H13N3O2/c1-17-12(16)10-3-2-6-15(10)11-5-4-9(7-13)8-14-11/h4-5,8,10H,2-3,6H2,1H3. The first-order valence-electron chi connectivity index (χ1n) is 5.47. The van der Waals surface area contributed by atoms with Crippen LogP contribution < -0.4 is 4.90 Å². The monoisotopic (exact) mass is 231 g/mol. The molecule has 5 nitrogen and oxygen atoms in total. The predicted molar refractivity (Wildman–Crippen MR) is 61.3 cm³/mol. The molecular weight excluding hydrogens is 218 g/mol. The van der Waals surface area contributed by atoms with Crippen molar-refractivity contribution < 1.29 is 9.53 Å². The van der Waals surface area contributed by atoms with Crippen molar-refractivity contribution in [1.82, 2.24) is 4.98 Å². The second kappa shape index (κ2) is 4.83. The smallest absolute Gasteiger partial charge is 0.328 e. The van der Waals surface area contributed by atoms with Gasteiger partial charge in [0, 0.05) is 12.7 Å². The second-order valence-corrected chi connectivity index (χ2v) is 3.89. The lowest BCUT2D eigenvalue weighted by Gasteiger charge is -2.23. The Kier molecular flexibility index (Phi) is 3.24. The Hall–Kier alpha value is -2.09. The van der Waals surface area contributed by atoms with Crippen LogP contribution in [-0.2, 0) is 9.53 Å². The van der Waals surface area contributed by atoms with Crippen molar-refractivity contribution in [3.63, 3.8) is 0 Å². The number of methoxy groups -OCH3 is 1. The average molecular weight is 231 g/mol. The highest BCUT2D eigenvalue weighted by Crippen LogP contribution is 2.24. The number of carbonyl (C=O) groups excluding carboxylic acids is 1. The van der Waals surface area contributed by atoms with Gasteiger partial charge in [-0.15, -0.1) is 0 Å². The van der Waals surface area contributed by atoms with E-state index in [0.29, 0.717) is 5.56 Å². The van der Waals surface area contributed by atoms with Gasteiger partial charge in [-0.25, -0.2) is 9.78 Å². The SMILES string of the molecule is COC(=O)C1CCCN1c1ccc(C#N)cn1. The second-order valence-electron chi connectivity index (χ2n) is 3.89. The Labute approximate surface area is 99.6 Å². The lowest BCUT2D eigenvalue weighted by molar-refractivity contribution is -0.141. The molecule has 1 unspecified atom stereocenters. The quantitative estimate of drug-likeness (QED) is 0.713. The summed E-state index contributed by atoms with van der Waals surface area (Å²) in [5.41, 5.74) is 0.516. The van der Waals surface area contributed by atoms with Crippen molar-refractivity contribution in [2.75, 3.05) is 18.6 Å². The molecule has 5 heteroatoms. The lowest BCUT2D eigenvalue weighted by atomic mass is 10.2. The number of esters is 1. The number of ether oxygens (including phenoxy) is 1. The van der Waals surface area contributed by atoms with Crippen LogP contribution in [0.3, 0.4) is 0 Å². The van der Waals surface area contributed by atoms with Gasteiger partial charge >= 0.3 is 5.97 Å². The molecule has 1 saturated heterocycles. The molecule has 0 spiro atoms. The Morgan fingerprint density at radius 1 is 1.65 bits per heavy atom. The molecule has 88 valence electrons. The maximum absolute atomic E-state index is 11.6. The Morgan fingerprint density at radius 3 is 3.06 bits per heavy atom. The topological polar surface area (TPSA) is 66.2 Å². The van der Waals surface area contributed by atoms with Gasteiger partial charge in [-0.1, -0.05) is 0 Å². The molecule has 0 aliphatic carbocycles. The van der Waals surface area contributed by atoms with Gasteiger partial charge in [-0.05, 0) is 25.0 Å². The number of anilines is 1. The van der Waals surface area contributed by atoms with Crippen LogP contribution in [0.2, 0.25) is 0 Å². The zero-order valence-corrected chi connectivity index (χ0v) is 9.59. The van der Waals surface area contributed by atoms with Crippen LogP contribution in [0.25, 0.3) is 0 Å². The number of carbonyl (C=O) groups is 1. The summed E-state index contributed by atoms with van der Waals surface area (Å²) in [7, 11) is 1.39. The summed E-state index contributed by atoms with van der Waals surface area (Å²) in [6.45, 7) is 0.790. The fourth-order valence-electron chi connectivity index (χ4n) is 2.04. The van der Waals surface area contributed by atoms with Crippen LogP contribution in [0.4, 0.5) is 5.82 Å².